The summed E-state index contributed by atoms with van der Waals surface area (Å²) in [6, 6.07) is 10.0. The molecule has 4 heteroatoms. The molecule has 0 aliphatic carbocycles. The van der Waals surface area contributed by atoms with Gasteiger partial charge in [0.1, 0.15) is 0 Å². The van der Waals surface area contributed by atoms with Gasteiger partial charge in [0.2, 0.25) is 0 Å². The van der Waals surface area contributed by atoms with E-state index in [2.05, 4.69) is 0 Å². The van der Waals surface area contributed by atoms with Crippen LogP contribution in [0.3, 0.4) is 0 Å². The summed E-state index contributed by atoms with van der Waals surface area (Å²) in [7, 11) is 0. The minimum absolute atomic E-state index is 0. The molecular formula is C5H5Cl3Zr. The van der Waals surface area contributed by atoms with Gasteiger partial charge in [0.25, 0.3) is 0 Å². The van der Waals surface area contributed by atoms with Crippen LogP contribution < -0.4 is 37.2 Å². The van der Waals surface area contributed by atoms with E-state index in [9.17, 15) is 0 Å². The van der Waals surface area contributed by atoms with E-state index in [0.29, 0.717) is 0 Å². The topological polar surface area (TPSA) is 0 Å². The van der Waals surface area contributed by atoms with Crippen molar-refractivity contribution >= 4 is 0 Å². The van der Waals surface area contributed by atoms with Crippen LogP contribution in [0.15, 0.2) is 30.3 Å². The van der Waals surface area contributed by atoms with Gasteiger partial charge in [-0.05, 0) is 0 Å². The molecular weight excluding hydrogens is 258 g/mol. The zero-order chi connectivity index (χ0) is 3.54. The summed E-state index contributed by atoms with van der Waals surface area (Å²) in [5.74, 6) is 0. The first-order valence-corrected chi connectivity index (χ1v) is 1.67. The largest absolute Gasteiger partial charge is 4.00 e. The molecule has 1 aromatic rings. The maximum Gasteiger partial charge on any atom is 4.00 e. The summed E-state index contributed by atoms with van der Waals surface area (Å²) in [6.45, 7) is 0. The molecule has 0 spiro atoms. The average molecular weight is 263 g/mol. The Morgan fingerprint density at radius 2 is 1.11 bits per heavy atom. The predicted molar refractivity (Wildman–Crippen MR) is 22.0 cm³/mol. The summed E-state index contributed by atoms with van der Waals surface area (Å²) in [4.78, 5) is 0. The molecule has 0 aliphatic heterocycles. The fourth-order valence-corrected chi connectivity index (χ4v) is 0.321. The molecule has 50 valence electrons. The van der Waals surface area contributed by atoms with E-state index in [-0.39, 0.29) is 63.4 Å². The van der Waals surface area contributed by atoms with Crippen LogP contribution in [0, 0.1) is 0 Å². The van der Waals surface area contributed by atoms with Crippen molar-refractivity contribution in [3.05, 3.63) is 30.3 Å². The van der Waals surface area contributed by atoms with E-state index in [1.807, 2.05) is 30.3 Å². The van der Waals surface area contributed by atoms with Crippen LogP contribution in [0.4, 0.5) is 0 Å². The van der Waals surface area contributed by atoms with Crippen molar-refractivity contribution in [3.63, 3.8) is 0 Å². The quantitative estimate of drug-likeness (QED) is 0.408. The standard InChI is InChI=1S/C5H5.3ClH.Zr/c1-2-4-5-3-1;;;;/h1-5H;3*1H;/q-1;;;;+4/p-3. The number of hydrogen-bond donors (Lipinski definition) is 0. The number of halogens is 3. The molecule has 9 heavy (non-hydrogen) atoms. The Balaban J connectivity index is -0.0000000312. The van der Waals surface area contributed by atoms with Gasteiger partial charge in [0, 0.05) is 0 Å². The van der Waals surface area contributed by atoms with Gasteiger partial charge >= 0.3 is 26.2 Å². The SMILES string of the molecule is [Cl-].[Cl-].[Cl-].[Zr+4].c1cc[cH-]c1. The molecule has 0 aromatic heterocycles. The van der Waals surface area contributed by atoms with E-state index in [4.69, 9.17) is 0 Å². The van der Waals surface area contributed by atoms with E-state index in [1.165, 1.54) is 0 Å². The Bertz CT molecular complexity index is 68.7. The second-order valence-electron chi connectivity index (χ2n) is 0.962. The molecule has 0 amide bonds. The van der Waals surface area contributed by atoms with Gasteiger partial charge in [-0.1, -0.05) is 0 Å². The second-order valence-corrected chi connectivity index (χ2v) is 0.962. The molecule has 0 saturated heterocycles. The summed E-state index contributed by atoms with van der Waals surface area (Å²) in [5, 5.41) is 0. The molecule has 0 aliphatic rings. The van der Waals surface area contributed by atoms with Gasteiger partial charge in [-0.15, -0.1) is 0 Å². The van der Waals surface area contributed by atoms with Crippen molar-refractivity contribution in [2.24, 2.45) is 0 Å². The summed E-state index contributed by atoms with van der Waals surface area (Å²) < 4.78 is 0. The van der Waals surface area contributed by atoms with Crippen LogP contribution in [0.25, 0.3) is 0 Å². The summed E-state index contributed by atoms with van der Waals surface area (Å²) >= 11 is 0. The molecule has 0 radical (unpaired) electrons. The molecule has 0 unspecified atom stereocenters. The summed E-state index contributed by atoms with van der Waals surface area (Å²) in [6.07, 6.45) is 0. The zero-order valence-corrected chi connectivity index (χ0v) is 9.25. The summed E-state index contributed by atoms with van der Waals surface area (Å²) in [5.41, 5.74) is 0. The smallest absolute Gasteiger partial charge is 1.00 e. The van der Waals surface area contributed by atoms with Crippen molar-refractivity contribution in [3.8, 4) is 0 Å². The Morgan fingerprint density at radius 1 is 0.778 bits per heavy atom. The van der Waals surface area contributed by atoms with Gasteiger partial charge in [0.05, 0.1) is 0 Å². The minimum Gasteiger partial charge on any atom is -1.00 e. The molecule has 0 bridgehead atoms. The van der Waals surface area contributed by atoms with Crippen LogP contribution >= 0.6 is 0 Å². The first-order valence-electron chi connectivity index (χ1n) is 1.67. The van der Waals surface area contributed by atoms with Crippen LogP contribution in [-0.2, 0) is 26.2 Å². The van der Waals surface area contributed by atoms with Crippen LogP contribution in [0.5, 0.6) is 0 Å². The van der Waals surface area contributed by atoms with E-state index in [0.717, 1.165) is 0 Å². The predicted octanol–water partition coefficient (Wildman–Crippen LogP) is -7.59. The van der Waals surface area contributed by atoms with Gasteiger partial charge in [-0.3, -0.25) is 0 Å². The van der Waals surface area contributed by atoms with E-state index >= 15 is 0 Å². The normalized spacial score (nSPS) is 4.44. The van der Waals surface area contributed by atoms with E-state index < -0.39 is 0 Å². The molecule has 0 heterocycles. The maximum absolute atomic E-state index is 2.00. The third-order valence-corrected chi connectivity index (χ3v) is 0.556. The van der Waals surface area contributed by atoms with Gasteiger partial charge in [-0.2, -0.15) is 18.2 Å². The van der Waals surface area contributed by atoms with Crippen molar-refractivity contribution in [2.75, 3.05) is 0 Å². The van der Waals surface area contributed by atoms with Crippen molar-refractivity contribution < 1.29 is 63.4 Å². The fourth-order valence-electron chi connectivity index (χ4n) is 0.321. The van der Waals surface area contributed by atoms with Crippen molar-refractivity contribution in [1.29, 1.82) is 0 Å². The van der Waals surface area contributed by atoms with Crippen molar-refractivity contribution in [1.82, 2.24) is 0 Å². The zero-order valence-electron chi connectivity index (χ0n) is 4.52. The fraction of sp³-hybridized carbons (Fsp3) is 0. The monoisotopic (exact) mass is 260 g/mol. The third kappa shape index (κ3) is 12.3. The molecule has 0 saturated carbocycles. The Labute approximate surface area is 93.1 Å². The first-order chi connectivity index (χ1) is 2.50. The number of hydrogen-bond acceptors (Lipinski definition) is 0. The molecule has 0 atom stereocenters. The Morgan fingerprint density at radius 3 is 1.22 bits per heavy atom. The number of rotatable bonds is 0. The maximum atomic E-state index is 2.00. The van der Waals surface area contributed by atoms with Crippen LogP contribution in [-0.4, -0.2) is 0 Å². The second kappa shape index (κ2) is 16.0. The Kier molecular flexibility index (Phi) is 40.1. The third-order valence-electron chi connectivity index (χ3n) is 0.556. The molecule has 1 aromatic carbocycles. The van der Waals surface area contributed by atoms with Crippen LogP contribution in [0.1, 0.15) is 0 Å². The van der Waals surface area contributed by atoms with Gasteiger partial charge in [-0.25, -0.2) is 12.1 Å². The molecule has 0 nitrogen and oxygen atoms in total. The van der Waals surface area contributed by atoms with Gasteiger partial charge in [0.15, 0.2) is 0 Å². The molecule has 1 rings (SSSR count). The molecule has 0 fully saturated rings. The van der Waals surface area contributed by atoms with Gasteiger partial charge < -0.3 is 37.2 Å². The minimum atomic E-state index is 0. The average Bonchev–Trinajstić information content (AvgIpc) is 1.76. The van der Waals surface area contributed by atoms with E-state index in [1.54, 1.807) is 0 Å². The first kappa shape index (κ1) is 22.5. The Hall–Kier alpha value is 1.10. The molecule has 0 N–H and O–H groups in total. The van der Waals surface area contributed by atoms with Crippen molar-refractivity contribution in [2.45, 2.75) is 0 Å². The van der Waals surface area contributed by atoms with Crippen LogP contribution in [0.2, 0.25) is 0 Å².